The molecule has 8 heteroatoms. The number of carbonyl (C=O) groups excluding carboxylic acids is 2. The van der Waals surface area contributed by atoms with Gasteiger partial charge in [0.2, 0.25) is 5.91 Å². The maximum Gasteiger partial charge on any atom is 0.261 e. The average Bonchev–Trinajstić information content (AvgIpc) is 2.87. The molecule has 0 radical (unpaired) electrons. The number of hydrogen-bond acceptors (Lipinski definition) is 3. The summed E-state index contributed by atoms with van der Waals surface area (Å²) in [6.45, 7) is 3.36. The summed E-state index contributed by atoms with van der Waals surface area (Å²) in [6, 6.07) is 19.3. The van der Waals surface area contributed by atoms with Crippen molar-refractivity contribution in [1.29, 1.82) is 0 Å². The van der Waals surface area contributed by atoms with Gasteiger partial charge in [0.25, 0.3) is 5.91 Å². The normalized spacial score (nSPS) is 12.5. The number of rotatable bonds is 11. The van der Waals surface area contributed by atoms with E-state index in [2.05, 4.69) is 5.32 Å². The van der Waals surface area contributed by atoms with Crippen molar-refractivity contribution in [2.45, 2.75) is 45.3 Å². The van der Waals surface area contributed by atoms with Crippen molar-refractivity contribution in [3.05, 3.63) is 99.8 Å². The zero-order chi connectivity index (χ0) is 26.1. The van der Waals surface area contributed by atoms with Crippen LogP contribution in [0.25, 0.3) is 0 Å². The SMILES string of the molecule is CCC(C)NC(=O)C(Cc1ccccc1)N(Cc1ccccc1F)C(=O)COc1ccc(Cl)cc1Cl. The van der Waals surface area contributed by atoms with E-state index in [9.17, 15) is 14.0 Å². The average molecular weight is 531 g/mol. The molecule has 5 nitrogen and oxygen atoms in total. The largest absolute Gasteiger partial charge is 0.482 e. The topological polar surface area (TPSA) is 58.6 Å². The van der Waals surface area contributed by atoms with Crippen molar-refractivity contribution in [3.63, 3.8) is 0 Å². The van der Waals surface area contributed by atoms with Crippen LogP contribution in [-0.2, 0) is 22.6 Å². The molecular weight excluding hydrogens is 502 g/mol. The van der Waals surface area contributed by atoms with Gasteiger partial charge in [0.1, 0.15) is 17.6 Å². The minimum atomic E-state index is -0.891. The lowest BCUT2D eigenvalue weighted by Gasteiger charge is -2.32. The molecule has 190 valence electrons. The summed E-state index contributed by atoms with van der Waals surface area (Å²) in [5, 5.41) is 3.66. The second kappa shape index (κ2) is 13.3. The first kappa shape index (κ1) is 27.5. The number of hydrogen-bond donors (Lipinski definition) is 1. The van der Waals surface area contributed by atoms with E-state index < -0.39 is 24.4 Å². The summed E-state index contributed by atoms with van der Waals surface area (Å²) in [7, 11) is 0. The minimum absolute atomic E-state index is 0.0923. The van der Waals surface area contributed by atoms with E-state index in [0.717, 1.165) is 12.0 Å². The standard InChI is InChI=1S/C28H29Cl2FN2O3/c1-3-19(2)32-28(35)25(15-20-9-5-4-6-10-20)33(17-21-11-7-8-12-24(21)31)27(34)18-36-26-14-13-22(29)16-23(26)30/h4-14,16,19,25H,3,15,17-18H2,1-2H3,(H,32,35). The molecule has 0 aliphatic rings. The first-order chi connectivity index (χ1) is 17.3. The third-order valence-electron chi connectivity index (χ3n) is 5.82. The number of carbonyl (C=O) groups is 2. The fraction of sp³-hybridized carbons (Fsp3) is 0.286. The Labute approximate surface area is 221 Å². The van der Waals surface area contributed by atoms with Gasteiger partial charge in [-0.05, 0) is 43.2 Å². The van der Waals surface area contributed by atoms with Crippen LogP contribution in [0.3, 0.4) is 0 Å². The Morgan fingerprint density at radius 1 is 1.03 bits per heavy atom. The minimum Gasteiger partial charge on any atom is -0.482 e. The van der Waals surface area contributed by atoms with E-state index in [0.29, 0.717) is 10.6 Å². The molecule has 0 saturated carbocycles. The molecule has 0 fully saturated rings. The van der Waals surface area contributed by atoms with Crippen molar-refractivity contribution in [3.8, 4) is 5.75 Å². The van der Waals surface area contributed by atoms with Crippen LogP contribution in [0.5, 0.6) is 5.75 Å². The Bertz CT molecular complexity index is 1180. The second-order valence-electron chi connectivity index (χ2n) is 8.50. The molecule has 2 unspecified atom stereocenters. The van der Waals surface area contributed by atoms with Crippen molar-refractivity contribution >= 4 is 35.0 Å². The summed E-state index contributed by atoms with van der Waals surface area (Å²) in [6.07, 6.45) is 0.980. The van der Waals surface area contributed by atoms with Gasteiger partial charge in [-0.2, -0.15) is 0 Å². The molecule has 0 aliphatic heterocycles. The van der Waals surface area contributed by atoms with Gasteiger partial charge in [0, 0.05) is 29.6 Å². The summed E-state index contributed by atoms with van der Waals surface area (Å²) in [4.78, 5) is 28.3. The van der Waals surface area contributed by atoms with Crippen molar-refractivity contribution < 1.29 is 18.7 Å². The summed E-state index contributed by atoms with van der Waals surface area (Å²) in [5.41, 5.74) is 1.17. The van der Waals surface area contributed by atoms with Gasteiger partial charge in [0.15, 0.2) is 6.61 Å². The summed E-state index contributed by atoms with van der Waals surface area (Å²) < 4.78 is 20.3. The molecule has 0 bridgehead atoms. The van der Waals surface area contributed by atoms with Crippen LogP contribution in [-0.4, -0.2) is 35.4 Å². The van der Waals surface area contributed by atoms with Gasteiger partial charge < -0.3 is 15.0 Å². The van der Waals surface area contributed by atoms with E-state index in [1.54, 1.807) is 30.3 Å². The monoisotopic (exact) mass is 530 g/mol. The van der Waals surface area contributed by atoms with Gasteiger partial charge in [-0.25, -0.2) is 4.39 Å². The van der Waals surface area contributed by atoms with Gasteiger partial charge in [-0.15, -0.1) is 0 Å². The molecule has 0 saturated heterocycles. The van der Waals surface area contributed by atoms with Crippen LogP contribution in [0.15, 0.2) is 72.8 Å². The Kier molecular flexibility index (Phi) is 10.1. The van der Waals surface area contributed by atoms with Gasteiger partial charge in [-0.3, -0.25) is 9.59 Å². The van der Waals surface area contributed by atoms with Crippen molar-refractivity contribution in [1.82, 2.24) is 10.2 Å². The van der Waals surface area contributed by atoms with E-state index in [1.807, 2.05) is 44.2 Å². The van der Waals surface area contributed by atoms with Gasteiger partial charge >= 0.3 is 0 Å². The number of benzene rings is 3. The van der Waals surface area contributed by atoms with E-state index in [4.69, 9.17) is 27.9 Å². The molecule has 3 rings (SSSR count). The quantitative estimate of drug-likeness (QED) is 0.327. The molecule has 3 aromatic rings. The lowest BCUT2D eigenvalue weighted by Crippen LogP contribution is -2.53. The Morgan fingerprint density at radius 3 is 2.39 bits per heavy atom. The fourth-order valence-electron chi connectivity index (χ4n) is 3.62. The number of ether oxygens (including phenoxy) is 1. The molecule has 0 spiro atoms. The lowest BCUT2D eigenvalue weighted by atomic mass is 10.0. The highest BCUT2D eigenvalue weighted by Gasteiger charge is 2.31. The highest BCUT2D eigenvalue weighted by molar-refractivity contribution is 6.35. The van der Waals surface area contributed by atoms with Crippen molar-refractivity contribution in [2.24, 2.45) is 0 Å². The Hall–Kier alpha value is -3.09. The molecule has 2 amide bonds. The molecule has 0 aromatic heterocycles. The maximum atomic E-state index is 14.6. The third kappa shape index (κ3) is 7.70. The Balaban J connectivity index is 1.93. The highest BCUT2D eigenvalue weighted by atomic mass is 35.5. The molecule has 0 heterocycles. The molecule has 1 N–H and O–H groups in total. The number of amides is 2. The summed E-state index contributed by atoms with van der Waals surface area (Å²) >= 11 is 12.1. The van der Waals surface area contributed by atoms with Crippen molar-refractivity contribution in [2.75, 3.05) is 6.61 Å². The molecule has 3 aromatic carbocycles. The molecule has 2 atom stereocenters. The van der Waals surface area contributed by atoms with Gasteiger partial charge in [-0.1, -0.05) is 78.7 Å². The maximum absolute atomic E-state index is 14.6. The second-order valence-corrected chi connectivity index (χ2v) is 9.34. The first-order valence-electron chi connectivity index (χ1n) is 11.7. The van der Waals surface area contributed by atoms with Crippen LogP contribution >= 0.6 is 23.2 Å². The predicted molar refractivity (Wildman–Crippen MR) is 141 cm³/mol. The van der Waals surface area contributed by atoms with Crippen LogP contribution in [0.2, 0.25) is 10.0 Å². The Morgan fingerprint density at radius 2 is 1.72 bits per heavy atom. The van der Waals surface area contributed by atoms with E-state index in [-0.39, 0.29) is 35.7 Å². The molecular formula is C28H29Cl2FN2O3. The smallest absolute Gasteiger partial charge is 0.261 e. The highest BCUT2D eigenvalue weighted by Crippen LogP contribution is 2.27. The molecule has 0 aliphatic carbocycles. The third-order valence-corrected chi connectivity index (χ3v) is 6.35. The van der Waals surface area contributed by atoms with E-state index >= 15 is 0 Å². The molecule has 36 heavy (non-hydrogen) atoms. The van der Waals surface area contributed by atoms with Gasteiger partial charge in [0.05, 0.1) is 5.02 Å². The van der Waals surface area contributed by atoms with Crippen LogP contribution in [0, 0.1) is 5.82 Å². The van der Waals surface area contributed by atoms with E-state index in [1.165, 1.54) is 17.0 Å². The number of halogens is 3. The summed E-state index contributed by atoms with van der Waals surface area (Å²) in [5.74, 6) is -0.978. The fourth-order valence-corrected chi connectivity index (χ4v) is 4.08. The zero-order valence-electron chi connectivity index (χ0n) is 20.2. The first-order valence-corrected chi connectivity index (χ1v) is 12.5. The predicted octanol–water partition coefficient (Wildman–Crippen LogP) is 6.07. The van der Waals surface area contributed by atoms with Crippen LogP contribution in [0.4, 0.5) is 4.39 Å². The number of nitrogens with one attached hydrogen (secondary N) is 1. The zero-order valence-corrected chi connectivity index (χ0v) is 21.7. The lowest BCUT2D eigenvalue weighted by molar-refractivity contribution is -0.143. The van der Waals surface area contributed by atoms with Crippen LogP contribution in [0.1, 0.15) is 31.4 Å². The number of nitrogens with zero attached hydrogens (tertiary/aromatic N) is 1. The van der Waals surface area contributed by atoms with Crippen LogP contribution < -0.4 is 10.1 Å².